The SMILES string of the molecule is CCCC1NC(=O)CN(C2CCOC(C)C2)C1=O. The van der Waals surface area contributed by atoms with Crippen molar-refractivity contribution in [1.82, 2.24) is 10.2 Å². The van der Waals surface area contributed by atoms with Crippen LogP contribution in [0, 0.1) is 0 Å². The zero-order valence-electron chi connectivity index (χ0n) is 11.1. The molecule has 0 aromatic rings. The van der Waals surface area contributed by atoms with Crippen molar-refractivity contribution in [2.24, 2.45) is 0 Å². The maximum atomic E-state index is 12.3. The van der Waals surface area contributed by atoms with E-state index in [1.165, 1.54) is 0 Å². The lowest BCUT2D eigenvalue weighted by molar-refractivity contribution is -0.149. The minimum atomic E-state index is -0.325. The summed E-state index contributed by atoms with van der Waals surface area (Å²) in [5.41, 5.74) is 0. The van der Waals surface area contributed by atoms with Gasteiger partial charge >= 0.3 is 0 Å². The fraction of sp³-hybridized carbons (Fsp3) is 0.846. The fourth-order valence-corrected chi connectivity index (χ4v) is 2.79. The molecule has 2 aliphatic rings. The Balaban J connectivity index is 2.05. The lowest BCUT2D eigenvalue weighted by Crippen LogP contribution is -2.61. The van der Waals surface area contributed by atoms with Crippen LogP contribution in [0.15, 0.2) is 0 Å². The molecule has 3 unspecified atom stereocenters. The highest BCUT2D eigenvalue weighted by molar-refractivity contribution is 5.95. The first kappa shape index (κ1) is 13.3. The van der Waals surface area contributed by atoms with Gasteiger partial charge in [-0.2, -0.15) is 0 Å². The van der Waals surface area contributed by atoms with Gasteiger partial charge in [-0.25, -0.2) is 0 Å². The molecule has 0 aromatic carbocycles. The van der Waals surface area contributed by atoms with Gasteiger partial charge in [0.15, 0.2) is 0 Å². The molecule has 3 atom stereocenters. The zero-order chi connectivity index (χ0) is 13.1. The minimum absolute atomic E-state index is 0.0350. The molecule has 0 saturated carbocycles. The van der Waals surface area contributed by atoms with E-state index in [2.05, 4.69) is 5.32 Å². The molecule has 5 nitrogen and oxygen atoms in total. The van der Waals surface area contributed by atoms with Gasteiger partial charge in [-0.3, -0.25) is 9.59 Å². The van der Waals surface area contributed by atoms with E-state index in [4.69, 9.17) is 4.74 Å². The van der Waals surface area contributed by atoms with E-state index in [1.54, 1.807) is 4.90 Å². The molecule has 2 aliphatic heterocycles. The highest BCUT2D eigenvalue weighted by atomic mass is 16.5. The Morgan fingerprint density at radius 3 is 2.89 bits per heavy atom. The number of rotatable bonds is 3. The van der Waals surface area contributed by atoms with Gasteiger partial charge in [-0.05, 0) is 26.2 Å². The topological polar surface area (TPSA) is 58.6 Å². The number of hydrogen-bond acceptors (Lipinski definition) is 3. The van der Waals surface area contributed by atoms with Crippen molar-refractivity contribution in [3.63, 3.8) is 0 Å². The van der Waals surface area contributed by atoms with E-state index < -0.39 is 0 Å². The molecule has 2 amide bonds. The molecule has 18 heavy (non-hydrogen) atoms. The normalized spacial score (nSPS) is 33.4. The Bertz CT molecular complexity index is 332. The van der Waals surface area contributed by atoms with Gasteiger partial charge in [0.1, 0.15) is 6.04 Å². The third kappa shape index (κ3) is 2.83. The van der Waals surface area contributed by atoms with Gasteiger partial charge in [0.25, 0.3) is 0 Å². The van der Waals surface area contributed by atoms with Crippen molar-refractivity contribution in [2.45, 2.75) is 57.7 Å². The Morgan fingerprint density at radius 1 is 1.44 bits per heavy atom. The summed E-state index contributed by atoms with van der Waals surface area (Å²) in [5.74, 6) is 0.0442. The molecule has 0 radical (unpaired) electrons. The Labute approximate surface area is 108 Å². The summed E-state index contributed by atoms with van der Waals surface area (Å²) in [6, 6.07) is -0.166. The summed E-state index contributed by atoms with van der Waals surface area (Å²) in [5, 5.41) is 2.79. The second-order valence-electron chi connectivity index (χ2n) is 5.23. The quantitative estimate of drug-likeness (QED) is 0.806. The van der Waals surface area contributed by atoms with Crippen LogP contribution < -0.4 is 5.32 Å². The minimum Gasteiger partial charge on any atom is -0.378 e. The summed E-state index contributed by atoms with van der Waals surface area (Å²) < 4.78 is 5.50. The number of carbonyl (C=O) groups is 2. The highest BCUT2D eigenvalue weighted by Gasteiger charge is 2.37. The van der Waals surface area contributed by atoms with E-state index in [0.29, 0.717) is 6.61 Å². The molecule has 2 heterocycles. The van der Waals surface area contributed by atoms with Gasteiger partial charge in [0.05, 0.1) is 12.6 Å². The Morgan fingerprint density at radius 2 is 2.22 bits per heavy atom. The van der Waals surface area contributed by atoms with E-state index in [0.717, 1.165) is 25.7 Å². The van der Waals surface area contributed by atoms with Gasteiger partial charge in [0.2, 0.25) is 11.8 Å². The average Bonchev–Trinajstić information content (AvgIpc) is 2.33. The highest BCUT2D eigenvalue weighted by Crippen LogP contribution is 2.22. The van der Waals surface area contributed by atoms with Gasteiger partial charge in [-0.15, -0.1) is 0 Å². The monoisotopic (exact) mass is 254 g/mol. The van der Waals surface area contributed by atoms with Crippen LogP contribution >= 0.6 is 0 Å². The largest absolute Gasteiger partial charge is 0.378 e. The van der Waals surface area contributed by atoms with E-state index in [-0.39, 0.29) is 36.5 Å². The van der Waals surface area contributed by atoms with Crippen LogP contribution in [0.4, 0.5) is 0 Å². The van der Waals surface area contributed by atoms with E-state index >= 15 is 0 Å². The van der Waals surface area contributed by atoms with Crippen LogP contribution in [0.1, 0.15) is 39.5 Å². The van der Waals surface area contributed by atoms with Crippen LogP contribution in [-0.2, 0) is 14.3 Å². The molecule has 0 bridgehead atoms. The lowest BCUT2D eigenvalue weighted by Gasteiger charge is -2.40. The molecule has 102 valence electrons. The van der Waals surface area contributed by atoms with Crippen molar-refractivity contribution < 1.29 is 14.3 Å². The first-order valence-corrected chi connectivity index (χ1v) is 6.83. The first-order chi connectivity index (χ1) is 8.61. The Hall–Kier alpha value is -1.10. The van der Waals surface area contributed by atoms with Crippen LogP contribution in [0.2, 0.25) is 0 Å². The van der Waals surface area contributed by atoms with Crippen molar-refractivity contribution in [3.05, 3.63) is 0 Å². The maximum absolute atomic E-state index is 12.3. The number of ether oxygens (including phenoxy) is 1. The van der Waals surface area contributed by atoms with Crippen molar-refractivity contribution in [3.8, 4) is 0 Å². The number of nitrogens with one attached hydrogen (secondary N) is 1. The van der Waals surface area contributed by atoms with Crippen molar-refractivity contribution in [2.75, 3.05) is 13.2 Å². The third-order valence-electron chi connectivity index (χ3n) is 3.71. The zero-order valence-corrected chi connectivity index (χ0v) is 11.1. The molecule has 2 rings (SSSR count). The molecule has 0 aliphatic carbocycles. The molecule has 1 N–H and O–H groups in total. The van der Waals surface area contributed by atoms with Gasteiger partial charge < -0.3 is 15.0 Å². The molecule has 2 fully saturated rings. The molecule has 2 saturated heterocycles. The van der Waals surface area contributed by atoms with Gasteiger partial charge in [-0.1, -0.05) is 13.3 Å². The second-order valence-corrected chi connectivity index (χ2v) is 5.23. The number of piperazine rings is 1. The summed E-state index contributed by atoms with van der Waals surface area (Å²) in [6.45, 7) is 4.92. The smallest absolute Gasteiger partial charge is 0.245 e. The van der Waals surface area contributed by atoms with Crippen LogP contribution in [0.25, 0.3) is 0 Å². The standard InChI is InChI=1S/C13H22N2O3/c1-3-4-11-13(17)15(8-12(16)14-11)10-5-6-18-9(2)7-10/h9-11H,3-8H2,1-2H3,(H,14,16). The van der Waals surface area contributed by atoms with E-state index in [9.17, 15) is 9.59 Å². The Kier molecular flexibility index (Phi) is 4.22. The molecule has 0 spiro atoms. The van der Waals surface area contributed by atoms with Gasteiger partial charge in [0, 0.05) is 12.6 Å². The van der Waals surface area contributed by atoms with Crippen molar-refractivity contribution in [1.29, 1.82) is 0 Å². The summed E-state index contributed by atoms with van der Waals surface area (Å²) in [7, 11) is 0. The summed E-state index contributed by atoms with van der Waals surface area (Å²) in [4.78, 5) is 25.8. The predicted molar refractivity (Wildman–Crippen MR) is 67.0 cm³/mol. The average molecular weight is 254 g/mol. The number of carbonyl (C=O) groups excluding carboxylic acids is 2. The third-order valence-corrected chi connectivity index (χ3v) is 3.71. The maximum Gasteiger partial charge on any atom is 0.245 e. The van der Waals surface area contributed by atoms with Crippen molar-refractivity contribution >= 4 is 11.8 Å². The number of nitrogens with zero attached hydrogens (tertiary/aromatic N) is 1. The first-order valence-electron chi connectivity index (χ1n) is 6.83. The van der Waals surface area contributed by atoms with Crippen LogP contribution in [0.5, 0.6) is 0 Å². The molecular weight excluding hydrogens is 232 g/mol. The second kappa shape index (κ2) is 5.69. The molecule has 5 heteroatoms. The van der Waals surface area contributed by atoms with Crippen LogP contribution in [0.3, 0.4) is 0 Å². The fourth-order valence-electron chi connectivity index (χ4n) is 2.79. The number of hydrogen-bond donors (Lipinski definition) is 1. The number of amides is 2. The summed E-state index contributed by atoms with van der Waals surface area (Å²) in [6.07, 6.45) is 3.46. The molecule has 0 aromatic heterocycles. The molecular formula is C13H22N2O3. The lowest BCUT2D eigenvalue weighted by atomic mass is 9.99. The predicted octanol–water partition coefficient (Wildman–Crippen LogP) is 0.681. The van der Waals surface area contributed by atoms with E-state index in [1.807, 2.05) is 13.8 Å². The summed E-state index contributed by atoms with van der Waals surface area (Å²) >= 11 is 0. The van der Waals surface area contributed by atoms with Crippen LogP contribution in [-0.4, -0.2) is 48.1 Å².